The Morgan fingerprint density at radius 2 is 2.05 bits per heavy atom. The van der Waals surface area contributed by atoms with Crippen LogP contribution in [-0.4, -0.2) is 11.5 Å². The highest BCUT2D eigenvalue weighted by Crippen LogP contribution is 2.33. The van der Waals surface area contributed by atoms with E-state index in [2.05, 4.69) is 59.0 Å². The van der Waals surface area contributed by atoms with E-state index in [1.165, 1.54) is 21.2 Å². The van der Waals surface area contributed by atoms with Crippen molar-refractivity contribution in [2.24, 2.45) is 0 Å². The molecule has 0 saturated carbocycles. The molecule has 0 fully saturated rings. The van der Waals surface area contributed by atoms with E-state index < -0.39 is 0 Å². The molecule has 1 unspecified atom stereocenters. The summed E-state index contributed by atoms with van der Waals surface area (Å²) >= 11 is 1.81. The first-order valence-corrected chi connectivity index (χ1v) is 7.79. The van der Waals surface area contributed by atoms with E-state index >= 15 is 0 Å². The molecule has 1 aromatic carbocycles. The molecular formula is C17H18N2S. The van der Waals surface area contributed by atoms with Crippen molar-refractivity contribution in [3.63, 3.8) is 0 Å². The Labute approximate surface area is 123 Å². The number of aryl methyl sites for hydroxylation is 1. The maximum atomic E-state index is 4.44. The lowest BCUT2D eigenvalue weighted by Crippen LogP contribution is -2.21. The summed E-state index contributed by atoms with van der Waals surface area (Å²) in [6.07, 6.45) is 1.98. The van der Waals surface area contributed by atoms with E-state index in [0.29, 0.717) is 0 Å². The van der Waals surface area contributed by atoms with Crippen LogP contribution < -0.4 is 5.32 Å². The van der Waals surface area contributed by atoms with Crippen LogP contribution in [-0.2, 0) is 0 Å². The van der Waals surface area contributed by atoms with Crippen LogP contribution in [0.15, 0.2) is 48.0 Å². The summed E-state index contributed by atoms with van der Waals surface area (Å²) in [6, 6.07) is 13.0. The topological polar surface area (TPSA) is 24.9 Å². The van der Waals surface area contributed by atoms with Gasteiger partial charge in [0.25, 0.3) is 0 Å². The van der Waals surface area contributed by atoms with Crippen LogP contribution in [0.4, 0.5) is 0 Å². The van der Waals surface area contributed by atoms with Gasteiger partial charge >= 0.3 is 0 Å². The molecule has 2 heterocycles. The van der Waals surface area contributed by atoms with E-state index in [1.54, 1.807) is 11.3 Å². The van der Waals surface area contributed by atoms with Gasteiger partial charge < -0.3 is 5.32 Å². The third-order valence-electron chi connectivity index (χ3n) is 3.50. The summed E-state index contributed by atoms with van der Waals surface area (Å²) in [5, 5.41) is 7.18. The average molecular weight is 282 g/mol. The van der Waals surface area contributed by atoms with Crippen LogP contribution in [0.5, 0.6) is 0 Å². The van der Waals surface area contributed by atoms with Crippen molar-refractivity contribution in [2.45, 2.75) is 19.9 Å². The van der Waals surface area contributed by atoms with Crippen LogP contribution >= 0.6 is 11.3 Å². The molecule has 1 N–H and O–H groups in total. The summed E-state index contributed by atoms with van der Waals surface area (Å²) in [7, 11) is 0. The fraction of sp³-hybridized carbons (Fsp3) is 0.235. The zero-order chi connectivity index (χ0) is 13.9. The molecule has 3 rings (SSSR count). The predicted octanol–water partition coefficient (Wildman–Crippen LogP) is 4.30. The van der Waals surface area contributed by atoms with Crippen molar-refractivity contribution in [1.82, 2.24) is 10.3 Å². The fourth-order valence-electron chi connectivity index (χ4n) is 2.48. The zero-order valence-corrected chi connectivity index (χ0v) is 12.6. The molecule has 3 aromatic rings. The number of hydrogen-bond donors (Lipinski definition) is 1. The largest absolute Gasteiger partial charge is 0.306 e. The quantitative estimate of drug-likeness (QED) is 0.771. The van der Waals surface area contributed by atoms with Gasteiger partial charge in [-0.05, 0) is 47.5 Å². The lowest BCUT2D eigenvalue weighted by atomic mass is 9.99. The summed E-state index contributed by atoms with van der Waals surface area (Å²) in [6.45, 7) is 5.10. The second kappa shape index (κ2) is 5.73. The van der Waals surface area contributed by atoms with Gasteiger partial charge in [0.15, 0.2) is 0 Å². The Hall–Kier alpha value is -1.71. The molecule has 0 aliphatic carbocycles. The number of nitrogens with one attached hydrogen (secondary N) is 1. The van der Waals surface area contributed by atoms with Crippen molar-refractivity contribution in [2.75, 3.05) is 6.54 Å². The second-order valence-electron chi connectivity index (χ2n) is 4.91. The number of nitrogens with zero attached hydrogens (tertiary/aromatic N) is 1. The number of fused-ring (bicyclic) bond motifs is 1. The molecule has 2 nitrogen and oxygen atoms in total. The summed E-state index contributed by atoms with van der Waals surface area (Å²) < 4.78 is 1.34. The molecular weight excluding hydrogens is 264 g/mol. The predicted molar refractivity (Wildman–Crippen MR) is 86.3 cm³/mol. The highest BCUT2D eigenvalue weighted by Gasteiger charge is 2.17. The minimum atomic E-state index is 0.212. The average Bonchev–Trinajstić information content (AvgIpc) is 2.90. The van der Waals surface area contributed by atoms with E-state index in [0.717, 1.165) is 12.2 Å². The van der Waals surface area contributed by atoms with Crippen LogP contribution in [0.3, 0.4) is 0 Å². The van der Waals surface area contributed by atoms with Crippen molar-refractivity contribution in [3.8, 4) is 0 Å². The first kappa shape index (κ1) is 13.3. The van der Waals surface area contributed by atoms with Gasteiger partial charge in [0.1, 0.15) is 0 Å². The molecule has 0 amide bonds. The third kappa shape index (κ3) is 2.47. The third-order valence-corrected chi connectivity index (χ3v) is 4.48. The molecule has 2 aromatic heterocycles. The lowest BCUT2D eigenvalue weighted by Gasteiger charge is -2.18. The Kier molecular flexibility index (Phi) is 3.81. The van der Waals surface area contributed by atoms with Crippen molar-refractivity contribution in [1.29, 1.82) is 0 Å². The Morgan fingerprint density at radius 1 is 1.20 bits per heavy atom. The van der Waals surface area contributed by atoms with Crippen LogP contribution in [0.2, 0.25) is 0 Å². The van der Waals surface area contributed by atoms with E-state index in [1.807, 2.05) is 13.1 Å². The van der Waals surface area contributed by atoms with Gasteiger partial charge in [-0.25, -0.2) is 0 Å². The number of aromatic nitrogens is 1. The number of rotatable bonds is 4. The minimum Gasteiger partial charge on any atom is -0.306 e. The van der Waals surface area contributed by atoms with Gasteiger partial charge in [0.05, 0.1) is 6.04 Å². The molecule has 3 heteroatoms. The molecule has 1 atom stereocenters. The SMILES string of the molecule is CCNC(c1ccc(C)nc1)c1csc2ccccc12. The molecule has 102 valence electrons. The van der Waals surface area contributed by atoms with Crippen LogP contribution in [0, 0.1) is 6.92 Å². The standard InChI is InChI=1S/C17H18N2S/c1-3-18-17(13-9-8-12(2)19-10-13)15-11-20-16-7-5-4-6-14(15)16/h4-11,17-18H,3H2,1-2H3. The second-order valence-corrected chi connectivity index (χ2v) is 5.82. The molecule has 0 aliphatic rings. The van der Waals surface area contributed by atoms with Gasteiger partial charge in [0, 0.05) is 16.6 Å². The number of benzene rings is 1. The first-order chi connectivity index (χ1) is 9.79. The first-order valence-electron chi connectivity index (χ1n) is 6.91. The maximum absolute atomic E-state index is 4.44. The molecule has 0 aliphatic heterocycles. The molecule has 20 heavy (non-hydrogen) atoms. The fourth-order valence-corrected chi connectivity index (χ4v) is 3.47. The molecule has 0 radical (unpaired) electrons. The van der Waals surface area contributed by atoms with Gasteiger partial charge in [-0.15, -0.1) is 11.3 Å². The highest BCUT2D eigenvalue weighted by molar-refractivity contribution is 7.17. The number of thiophene rings is 1. The summed E-state index contributed by atoms with van der Waals surface area (Å²) in [5.41, 5.74) is 3.62. The van der Waals surface area contributed by atoms with E-state index in [-0.39, 0.29) is 6.04 Å². The number of pyridine rings is 1. The zero-order valence-electron chi connectivity index (χ0n) is 11.8. The van der Waals surface area contributed by atoms with Gasteiger partial charge in [-0.2, -0.15) is 0 Å². The summed E-state index contributed by atoms with van der Waals surface area (Å²) in [4.78, 5) is 4.44. The molecule has 0 saturated heterocycles. The van der Waals surface area contributed by atoms with Gasteiger partial charge in [-0.1, -0.05) is 31.2 Å². The smallest absolute Gasteiger partial charge is 0.0606 e. The van der Waals surface area contributed by atoms with Crippen LogP contribution in [0.25, 0.3) is 10.1 Å². The van der Waals surface area contributed by atoms with Gasteiger partial charge in [-0.3, -0.25) is 4.98 Å². The monoisotopic (exact) mass is 282 g/mol. The normalized spacial score (nSPS) is 12.7. The minimum absolute atomic E-state index is 0.212. The van der Waals surface area contributed by atoms with E-state index in [4.69, 9.17) is 0 Å². The van der Waals surface area contributed by atoms with Crippen molar-refractivity contribution >= 4 is 21.4 Å². The van der Waals surface area contributed by atoms with Crippen LogP contribution in [0.1, 0.15) is 29.8 Å². The molecule has 0 bridgehead atoms. The molecule has 0 spiro atoms. The maximum Gasteiger partial charge on any atom is 0.0606 e. The Balaban J connectivity index is 2.08. The Morgan fingerprint density at radius 3 is 2.80 bits per heavy atom. The Bertz CT molecular complexity index is 700. The summed E-state index contributed by atoms with van der Waals surface area (Å²) in [5.74, 6) is 0. The lowest BCUT2D eigenvalue weighted by molar-refractivity contribution is 0.633. The number of hydrogen-bond acceptors (Lipinski definition) is 3. The van der Waals surface area contributed by atoms with E-state index in [9.17, 15) is 0 Å². The highest BCUT2D eigenvalue weighted by atomic mass is 32.1. The van der Waals surface area contributed by atoms with Gasteiger partial charge in [0.2, 0.25) is 0 Å². The van der Waals surface area contributed by atoms with Crippen molar-refractivity contribution < 1.29 is 0 Å². The van der Waals surface area contributed by atoms with Crippen molar-refractivity contribution in [3.05, 3.63) is 64.8 Å².